The number of hydrogen-bond donors (Lipinski definition) is 0. The number of hydrogen-bond acceptors (Lipinski definition) is 2. The Labute approximate surface area is 201 Å². The van der Waals surface area contributed by atoms with Crippen LogP contribution in [0.25, 0.3) is 11.1 Å². The van der Waals surface area contributed by atoms with Crippen LogP contribution >= 0.6 is 0 Å². The normalized spacial score (nSPS) is 15.5. The minimum Gasteiger partial charge on any atom is -0.296 e. The molecule has 1 fully saturated rings. The molecule has 0 spiro atoms. The van der Waals surface area contributed by atoms with Crippen LogP contribution in [0.2, 0.25) is 0 Å². The highest BCUT2D eigenvalue weighted by molar-refractivity contribution is 5.63. The fourth-order valence-electron chi connectivity index (χ4n) is 4.35. The van der Waals surface area contributed by atoms with Crippen molar-refractivity contribution in [3.63, 3.8) is 0 Å². The van der Waals surface area contributed by atoms with Crippen LogP contribution in [0.15, 0.2) is 79.1 Å². The van der Waals surface area contributed by atoms with Crippen LogP contribution in [0.5, 0.6) is 0 Å². The summed E-state index contributed by atoms with van der Waals surface area (Å²) >= 11 is 0. The van der Waals surface area contributed by atoms with E-state index in [2.05, 4.69) is 60.1 Å². The second-order valence-corrected chi connectivity index (χ2v) is 9.31. The lowest BCUT2D eigenvalue weighted by Crippen LogP contribution is -2.34. The molecule has 0 radical (unpaired) electrons. The highest BCUT2D eigenvalue weighted by atomic mass is 19.4. The van der Waals surface area contributed by atoms with E-state index in [0.717, 1.165) is 18.1 Å². The van der Waals surface area contributed by atoms with Crippen LogP contribution in [0.4, 0.5) is 13.2 Å². The van der Waals surface area contributed by atoms with E-state index in [9.17, 15) is 13.2 Å². The first-order valence-electron chi connectivity index (χ1n) is 12.2. The molecule has 1 aliphatic rings. The van der Waals surface area contributed by atoms with Gasteiger partial charge < -0.3 is 0 Å². The molecule has 0 saturated carbocycles. The predicted molar refractivity (Wildman–Crippen MR) is 133 cm³/mol. The predicted octanol–water partition coefficient (Wildman–Crippen LogP) is 8.42. The van der Waals surface area contributed by atoms with Gasteiger partial charge in [-0.3, -0.25) is 9.88 Å². The molecule has 0 N–H and O–H groups in total. The van der Waals surface area contributed by atoms with Crippen molar-refractivity contribution in [3.05, 3.63) is 90.3 Å². The molecule has 0 amide bonds. The van der Waals surface area contributed by atoms with Gasteiger partial charge in [0.05, 0.1) is 5.56 Å². The third-order valence-electron chi connectivity index (χ3n) is 6.26. The Morgan fingerprint density at radius 3 is 1.88 bits per heavy atom. The molecular formula is C29H35F3N2. The number of likely N-dealkylation sites (tertiary alicyclic amines) is 1. The lowest BCUT2D eigenvalue weighted by Gasteiger charge is -2.35. The van der Waals surface area contributed by atoms with E-state index in [-0.39, 0.29) is 0 Å². The van der Waals surface area contributed by atoms with Crippen LogP contribution < -0.4 is 0 Å². The van der Waals surface area contributed by atoms with Crippen molar-refractivity contribution in [1.82, 2.24) is 9.88 Å². The summed E-state index contributed by atoms with van der Waals surface area (Å²) in [6, 6.07) is 20.3. The Morgan fingerprint density at radius 2 is 1.35 bits per heavy atom. The van der Waals surface area contributed by atoms with E-state index in [1.54, 1.807) is 6.07 Å². The molecule has 2 nitrogen and oxygen atoms in total. The second-order valence-electron chi connectivity index (χ2n) is 9.31. The largest absolute Gasteiger partial charge is 0.416 e. The SMILES string of the molecule is CC(C)CCC(c1ccc(-c2ccncc2)cc1)N1CCCCC1.FC(F)(F)c1ccccc1. The van der Waals surface area contributed by atoms with E-state index in [1.165, 1.54) is 74.0 Å². The highest BCUT2D eigenvalue weighted by Gasteiger charge is 2.29. The summed E-state index contributed by atoms with van der Waals surface area (Å²) in [5, 5.41) is 0. The van der Waals surface area contributed by atoms with Crippen LogP contribution in [0, 0.1) is 5.92 Å². The number of halogens is 3. The van der Waals surface area contributed by atoms with E-state index in [4.69, 9.17) is 0 Å². The van der Waals surface area contributed by atoms with Gasteiger partial charge in [-0.05, 0) is 73.5 Å². The van der Waals surface area contributed by atoms with E-state index in [0.29, 0.717) is 6.04 Å². The molecule has 2 heterocycles. The van der Waals surface area contributed by atoms with Crippen molar-refractivity contribution in [2.24, 2.45) is 5.92 Å². The summed E-state index contributed by atoms with van der Waals surface area (Å²) in [6.07, 6.45) is 6.20. The molecule has 4 rings (SSSR count). The summed E-state index contributed by atoms with van der Waals surface area (Å²) < 4.78 is 35.4. The molecule has 1 atom stereocenters. The molecule has 182 valence electrons. The minimum absolute atomic E-state index is 0.583. The number of rotatable bonds is 6. The fourth-order valence-corrected chi connectivity index (χ4v) is 4.35. The van der Waals surface area contributed by atoms with Gasteiger partial charge in [0.2, 0.25) is 0 Å². The van der Waals surface area contributed by atoms with Crippen LogP contribution in [-0.4, -0.2) is 23.0 Å². The zero-order valence-corrected chi connectivity index (χ0v) is 20.1. The van der Waals surface area contributed by atoms with Gasteiger partial charge in [0, 0.05) is 18.4 Å². The van der Waals surface area contributed by atoms with Crippen LogP contribution in [0.3, 0.4) is 0 Å². The van der Waals surface area contributed by atoms with Gasteiger partial charge in [0.15, 0.2) is 0 Å². The van der Waals surface area contributed by atoms with Gasteiger partial charge in [-0.2, -0.15) is 13.2 Å². The lowest BCUT2D eigenvalue weighted by molar-refractivity contribution is -0.137. The Balaban J connectivity index is 0.000000271. The molecule has 2 aromatic carbocycles. The Morgan fingerprint density at radius 1 is 0.765 bits per heavy atom. The zero-order chi connectivity index (χ0) is 24.4. The first-order chi connectivity index (χ1) is 16.3. The van der Waals surface area contributed by atoms with Gasteiger partial charge in [0.25, 0.3) is 0 Å². The van der Waals surface area contributed by atoms with Crippen molar-refractivity contribution in [2.75, 3.05) is 13.1 Å². The molecule has 0 bridgehead atoms. The summed E-state index contributed by atoms with van der Waals surface area (Å²) in [4.78, 5) is 6.83. The molecule has 0 aliphatic carbocycles. The van der Waals surface area contributed by atoms with Gasteiger partial charge in [-0.25, -0.2) is 0 Å². The van der Waals surface area contributed by atoms with Crippen molar-refractivity contribution in [3.8, 4) is 11.1 Å². The number of nitrogens with zero attached hydrogens (tertiary/aromatic N) is 2. The molecule has 1 aliphatic heterocycles. The van der Waals surface area contributed by atoms with Gasteiger partial charge in [-0.1, -0.05) is 74.9 Å². The van der Waals surface area contributed by atoms with Crippen molar-refractivity contribution < 1.29 is 13.2 Å². The van der Waals surface area contributed by atoms with E-state index < -0.39 is 11.7 Å². The average molecular weight is 469 g/mol. The van der Waals surface area contributed by atoms with E-state index in [1.807, 2.05) is 12.4 Å². The standard InChI is InChI=1S/C22H30N2.C7H5F3/c1-18(2)6-11-22(24-16-4-3-5-17-24)21-9-7-19(8-10-21)20-12-14-23-15-13-20;8-7(9,10)6-4-2-1-3-5-6/h7-10,12-15,18,22H,3-6,11,16-17H2,1-2H3;1-5H. The lowest BCUT2D eigenvalue weighted by atomic mass is 9.93. The quantitative estimate of drug-likeness (QED) is 0.361. The Bertz CT molecular complexity index is 948. The zero-order valence-electron chi connectivity index (χ0n) is 20.1. The minimum atomic E-state index is -4.21. The first kappa shape index (κ1) is 26.0. The van der Waals surface area contributed by atoms with E-state index >= 15 is 0 Å². The third-order valence-corrected chi connectivity index (χ3v) is 6.26. The Hall–Kier alpha value is -2.66. The number of piperidine rings is 1. The molecular weight excluding hydrogens is 433 g/mol. The topological polar surface area (TPSA) is 16.1 Å². The number of aromatic nitrogens is 1. The number of alkyl halides is 3. The summed E-state index contributed by atoms with van der Waals surface area (Å²) in [6.45, 7) is 7.18. The fraction of sp³-hybridized carbons (Fsp3) is 0.414. The maximum absolute atomic E-state index is 11.8. The average Bonchev–Trinajstić information content (AvgIpc) is 2.86. The molecule has 1 unspecified atom stereocenters. The van der Waals surface area contributed by atoms with Crippen molar-refractivity contribution >= 4 is 0 Å². The number of pyridine rings is 1. The van der Waals surface area contributed by atoms with Crippen molar-refractivity contribution in [2.45, 2.75) is 58.2 Å². The van der Waals surface area contributed by atoms with Gasteiger partial charge in [-0.15, -0.1) is 0 Å². The smallest absolute Gasteiger partial charge is 0.296 e. The highest BCUT2D eigenvalue weighted by Crippen LogP contribution is 2.31. The molecule has 1 aromatic heterocycles. The first-order valence-corrected chi connectivity index (χ1v) is 12.2. The van der Waals surface area contributed by atoms with Crippen LogP contribution in [0.1, 0.15) is 63.1 Å². The van der Waals surface area contributed by atoms with Gasteiger partial charge >= 0.3 is 6.18 Å². The van der Waals surface area contributed by atoms with Crippen LogP contribution in [-0.2, 0) is 6.18 Å². The molecule has 5 heteroatoms. The molecule has 3 aromatic rings. The summed E-state index contributed by atoms with van der Waals surface area (Å²) in [7, 11) is 0. The summed E-state index contributed by atoms with van der Waals surface area (Å²) in [5.41, 5.74) is 3.40. The summed E-state index contributed by atoms with van der Waals surface area (Å²) in [5.74, 6) is 0.772. The third kappa shape index (κ3) is 7.98. The van der Waals surface area contributed by atoms with Gasteiger partial charge in [0.1, 0.15) is 0 Å². The molecule has 34 heavy (non-hydrogen) atoms. The maximum Gasteiger partial charge on any atom is 0.416 e. The second kappa shape index (κ2) is 12.7. The van der Waals surface area contributed by atoms with Crippen molar-refractivity contribution in [1.29, 1.82) is 0 Å². The molecule has 1 saturated heterocycles. The Kier molecular flexibility index (Phi) is 9.70. The monoisotopic (exact) mass is 468 g/mol. The maximum atomic E-state index is 11.8. The number of benzene rings is 2.